The van der Waals surface area contributed by atoms with Crippen LogP contribution in [0.5, 0.6) is 0 Å². The van der Waals surface area contributed by atoms with Gasteiger partial charge in [-0.3, -0.25) is 10.3 Å². The van der Waals surface area contributed by atoms with E-state index >= 15 is 0 Å². The number of guanidine groups is 2. The molecule has 1 rings (SSSR count). The van der Waals surface area contributed by atoms with Gasteiger partial charge in [0, 0.05) is 6.54 Å². The molecule has 0 heterocycles. The normalized spacial score (nSPS) is 13.0. The van der Waals surface area contributed by atoms with Gasteiger partial charge in [-0.2, -0.15) is 12.8 Å². The number of ether oxygens (including phenoxy) is 1. The molecule has 0 aliphatic carbocycles. The van der Waals surface area contributed by atoms with E-state index in [0.717, 1.165) is 5.56 Å². The van der Waals surface area contributed by atoms with Gasteiger partial charge in [0.15, 0.2) is 12.0 Å². The van der Waals surface area contributed by atoms with Crippen LogP contribution in [0, 0.1) is 6.92 Å². The van der Waals surface area contributed by atoms with Crippen LogP contribution in [-0.4, -0.2) is 60.1 Å². The number of benzene rings is 1. The first-order valence-corrected chi connectivity index (χ1v) is 11.3. The maximum Gasteiger partial charge on any atom is 0.414 e. The zero-order valence-corrected chi connectivity index (χ0v) is 19.8. The monoisotopic (exact) mass is 485 g/mol. The van der Waals surface area contributed by atoms with Gasteiger partial charge in [0.05, 0.1) is 4.90 Å². The molecule has 1 atom stereocenters. The number of sulfonamides is 1. The highest BCUT2D eigenvalue weighted by atomic mass is 32.2. The molecule has 0 saturated heterocycles. The van der Waals surface area contributed by atoms with E-state index < -0.39 is 39.7 Å². The molecule has 1 amide bonds. The second-order valence-corrected chi connectivity index (χ2v) is 9.80. The van der Waals surface area contributed by atoms with Crippen LogP contribution in [0.3, 0.4) is 0 Å². The van der Waals surface area contributed by atoms with Crippen LogP contribution in [0.2, 0.25) is 0 Å². The van der Waals surface area contributed by atoms with Crippen LogP contribution in [0.4, 0.5) is 4.79 Å². The van der Waals surface area contributed by atoms with Crippen molar-refractivity contribution in [1.29, 1.82) is 0 Å². The minimum atomic E-state index is -4.37. The van der Waals surface area contributed by atoms with Gasteiger partial charge in [-0.15, -0.1) is 5.10 Å². The fourth-order valence-electron chi connectivity index (χ4n) is 2.48. The third-order valence-corrected chi connectivity index (χ3v) is 5.57. The summed E-state index contributed by atoms with van der Waals surface area (Å²) in [6, 6.07) is 4.16. The summed E-state index contributed by atoms with van der Waals surface area (Å²) in [6.45, 7) is 6.80. The molecule has 13 nitrogen and oxygen atoms in total. The quantitative estimate of drug-likeness (QED) is 0.140. The van der Waals surface area contributed by atoms with Crippen molar-refractivity contribution >= 4 is 34.0 Å². The number of aliphatic carboxylic acids is 1. The van der Waals surface area contributed by atoms with E-state index in [1.165, 1.54) is 12.1 Å². The average Bonchev–Trinajstić information content (AvgIpc) is 2.64. The lowest BCUT2D eigenvalue weighted by atomic mass is 10.1. The zero-order chi connectivity index (χ0) is 25.4. The Morgan fingerprint density at radius 3 is 2.24 bits per heavy atom. The molecule has 0 spiro atoms. The number of carbonyl (C=O) groups is 2. The van der Waals surface area contributed by atoms with Crippen molar-refractivity contribution in [2.45, 2.75) is 57.1 Å². The second kappa shape index (κ2) is 11.4. The van der Waals surface area contributed by atoms with Gasteiger partial charge < -0.3 is 27.0 Å². The van der Waals surface area contributed by atoms with Crippen LogP contribution in [0.15, 0.2) is 39.3 Å². The Morgan fingerprint density at radius 2 is 1.76 bits per heavy atom. The SMILES string of the molecule is Cc1ccc(S(=O)(=O)N(N=C(N)N)[C@H](CCCN=C(N)NC(=O)OC(C)(C)C)C(=O)O)cc1. The van der Waals surface area contributed by atoms with Crippen molar-refractivity contribution in [3.05, 3.63) is 29.8 Å². The van der Waals surface area contributed by atoms with Gasteiger partial charge >= 0.3 is 12.1 Å². The number of carboxylic acid groups (broad SMARTS) is 1. The van der Waals surface area contributed by atoms with Gasteiger partial charge in [-0.05, 0) is 52.7 Å². The number of rotatable bonds is 9. The molecule has 0 saturated carbocycles. The largest absolute Gasteiger partial charge is 0.480 e. The molecule has 0 aliphatic heterocycles. The number of nitrogens with two attached hydrogens (primary N) is 3. The number of nitrogens with one attached hydrogen (secondary N) is 1. The molecule has 1 aromatic rings. The number of carboxylic acids is 1. The Morgan fingerprint density at radius 1 is 1.18 bits per heavy atom. The molecular weight excluding hydrogens is 454 g/mol. The highest BCUT2D eigenvalue weighted by Crippen LogP contribution is 2.22. The Balaban J connectivity index is 2.97. The number of carbonyl (C=O) groups excluding carboxylic acids is 1. The summed E-state index contributed by atoms with van der Waals surface area (Å²) in [4.78, 5) is 27.3. The number of hydrogen-bond donors (Lipinski definition) is 5. The topological polar surface area (TPSA) is 216 Å². The molecule has 0 radical (unpaired) electrons. The van der Waals surface area contributed by atoms with Crippen molar-refractivity contribution in [2.75, 3.05) is 6.54 Å². The molecule has 0 aromatic heterocycles. The number of nitrogens with zero attached hydrogens (tertiary/aromatic N) is 3. The fourth-order valence-corrected chi connectivity index (χ4v) is 3.91. The van der Waals surface area contributed by atoms with Crippen LogP contribution in [0.25, 0.3) is 0 Å². The Kier molecular flexibility index (Phi) is 9.46. The highest BCUT2D eigenvalue weighted by Gasteiger charge is 2.35. The van der Waals surface area contributed by atoms with Gasteiger partial charge in [0.1, 0.15) is 5.60 Å². The van der Waals surface area contributed by atoms with Crippen LogP contribution < -0.4 is 22.5 Å². The summed E-state index contributed by atoms with van der Waals surface area (Å²) < 4.78 is 31.5. The molecule has 14 heteroatoms. The van der Waals surface area contributed by atoms with Crippen molar-refractivity contribution in [3.8, 4) is 0 Å². The summed E-state index contributed by atoms with van der Waals surface area (Å²) in [6.07, 6.45) is -0.899. The first-order valence-electron chi connectivity index (χ1n) is 9.87. The average molecular weight is 486 g/mol. The van der Waals surface area contributed by atoms with Crippen molar-refractivity contribution < 1.29 is 27.9 Å². The molecule has 184 valence electrons. The maximum atomic E-state index is 13.0. The summed E-state index contributed by atoms with van der Waals surface area (Å²) in [5, 5.41) is 15.4. The number of hydrogen-bond acceptors (Lipinski definition) is 7. The van der Waals surface area contributed by atoms with Crippen LogP contribution in [-0.2, 0) is 19.6 Å². The van der Waals surface area contributed by atoms with Crippen molar-refractivity contribution in [2.24, 2.45) is 27.3 Å². The molecule has 8 N–H and O–H groups in total. The lowest BCUT2D eigenvalue weighted by Crippen LogP contribution is -2.44. The van der Waals surface area contributed by atoms with E-state index in [2.05, 4.69) is 15.4 Å². The first kappa shape index (κ1) is 27.5. The predicted octanol–water partition coefficient (Wildman–Crippen LogP) is 0.247. The van der Waals surface area contributed by atoms with Crippen molar-refractivity contribution in [3.63, 3.8) is 0 Å². The number of aliphatic imine (C=N–C) groups is 1. The van der Waals surface area contributed by atoms with Crippen molar-refractivity contribution in [1.82, 2.24) is 9.73 Å². The Labute approximate surface area is 192 Å². The number of aryl methyl sites for hydroxylation is 1. The third-order valence-electron chi connectivity index (χ3n) is 3.88. The van der Waals surface area contributed by atoms with Gasteiger partial charge in [0.25, 0.3) is 10.0 Å². The van der Waals surface area contributed by atoms with E-state index in [9.17, 15) is 23.1 Å². The Bertz CT molecular complexity index is 996. The molecule has 0 bridgehead atoms. The molecule has 0 fully saturated rings. The van der Waals surface area contributed by atoms with Crippen LogP contribution >= 0.6 is 0 Å². The molecule has 0 aliphatic rings. The lowest BCUT2D eigenvalue weighted by Gasteiger charge is -2.25. The summed E-state index contributed by atoms with van der Waals surface area (Å²) >= 11 is 0. The molecule has 33 heavy (non-hydrogen) atoms. The lowest BCUT2D eigenvalue weighted by molar-refractivity contribution is -0.141. The zero-order valence-electron chi connectivity index (χ0n) is 19.0. The molecule has 1 aromatic carbocycles. The van der Waals surface area contributed by atoms with Gasteiger partial charge in [-0.1, -0.05) is 17.7 Å². The highest BCUT2D eigenvalue weighted by molar-refractivity contribution is 7.89. The predicted molar refractivity (Wildman–Crippen MR) is 123 cm³/mol. The van der Waals surface area contributed by atoms with Gasteiger partial charge in [0.2, 0.25) is 5.96 Å². The standard InChI is InChI=1S/C19H31N7O6S/c1-12-7-9-13(10-8-12)33(30,31)26(25-16(20)21)14(15(27)28)6-5-11-23-17(22)24-18(29)32-19(2,3)4/h7-10,14H,5-6,11H2,1-4H3,(H,27,28)(H4,20,21,25)(H3,22,23,24,29)/t14-/m1/s1. The van der Waals surface area contributed by atoms with Gasteiger partial charge in [-0.25, -0.2) is 9.59 Å². The minimum Gasteiger partial charge on any atom is -0.480 e. The molecule has 0 unspecified atom stereocenters. The summed E-state index contributed by atoms with van der Waals surface area (Å²) in [5.74, 6) is -2.32. The van der Waals surface area contributed by atoms with E-state index in [1.807, 2.05) is 0 Å². The first-order chi connectivity index (χ1) is 15.1. The maximum absolute atomic E-state index is 13.0. The summed E-state index contributed by atoms with van der Waals surface area (Å²) in [7, 11) is -4.37. The minimum absolute atomic E-state index is 0.00828. The Hall–Kier alpha value is -3.55. The van der Waals surface area contributed by atoms with E-state index in [0.29, 0.717) is 4.41 Å². The summed E-state index contributed by atoms with van der Waals surface area (Å²) in [5.41, 5.74) is 16.4. The second-order valence-electron chi connectivity index (χ2n) is 8.01. The molecular formula is C19H31N7O6S. The smallest absolute Gasteiger partial charge is 0.414 e. The fraction of sp³-hybridized carbons (Fsp3) is 0.474. The number of alkyl carbamates (subject to hydrolysis) is 1. The van der Waals surface area contributed by atoms with E-state index in [-0.39, 0.29) is 30.2 Å². The number of amides is 1. The van der Waals surface area contributed by atoms with E-state index in [4.69, 9.17) is 21.9 Å². The van der Waals surface area contributed by atoms with Crippen LogP contribution in [0.1, 0.15) is 39.2 Å². The van der Waals surface area contributed by atoms with E-state index in [1.54, 1.807) is 39.8 Å². The number of hydrazone groups is 1. The third kappa shape index (κ3) is 9.22.